The van der Waals surface area contributed by atoms with Crippen molar-refractivity contribution in [2.45, 2.75) is 12.8 Å². The van der Waals surface area contributed by atoms with Gasteiger partial charge in [0.25, 0.3) is 0 Å². The largest absolute Gasteiger partial charge is 0.306 e. The number of likely N-dealkylation sites (tertiary alicyclic amines) is 2. The summed E-state index contributed by atoms with van der Waals surface area (Å²) >= 11 is 0. The highest BCUT2D eigenvalue weighted by Gasteiger charge is 2.27. The quantitative estimate of drug-likeness (QED) is 0.617. The van der Waals surface area contributed by atoms with Crippen molar-refractivity contribution >= 4 is 0 Å². The second-order valence-electron chi connectivity index (χ2n) is 4.75. The Morgan fingerprint density at radius 1 is 0.833 bits per heavy atom. The topological polar surface area (TPSA) is 6.48 Å². The first kappa shape index (κ1) is 8.52. The van der Waals surface area contributed by atoms with Crippen molar-refractivity contribution in [1.82, 2.24) is 9.80 Å². The minimum absolute atomic E-state index is 1.03. The van der Waals surface area contributed by atoms with Crippen LogP contribution in [0.15, 0.2) is 0 Å². The molecule has 2 nitrogen and oxygen atoms in total. The summed E-state index contributed by atoms with van der Waals surface area (Å²) in [6.45, 7) is 5.40. The Hall–Kier alpha value is -0.0800. The van der Waals surface area contributed by atoms with Crippen LogP contribution in [0.2, 0.25) is 0 Å². The predicted octanol–water partition coefficient (Wildman–Crippen LogP) is 0.890. The molecule has 0 amide bonds. The molecule has 2 saturated heterocycles. The van der Waals surface area contributed by atoms with Crippen LogP contribution in [-0.4, -0.2) is 50.1 Å². The molecule has 0 bridgehead atoms. The third kappa shape index (κ3) is 1.80. The molecule has 0 aromatic rings. The Balaban J connectivity index is 1.52. The van der Waals surface area contributed by atoms with E-state index in [4.69, 9.17) is 0 Å². The van der Waals surface area contributed by atoms with Crippen LogP contribution in [0, 0.1) is 11.8 Å². The van der Waals surface area contributed by atoms with Gasteiger partial charge in [-0.1, -0.05) is 0 Å². The molecule has 0 radical (unpaired) electrons. The van der Waals surface area contributed by atoms with Gasteiger partial charge in [0.05, 0.1) is 0 Å². The highest BCUT2D eigenvalue weighted by Crippen LogP contribution is 2.25. The predicted molar refractivity (Wildman–Crippen MR) is 51.2 cm³/mol. The van der Waals surface area contributed by atoms with Gasteiger partial charge in [-0.25, -0.2) is 0 Å². The highest BCUT2D eigenvalue weighted by molar-refractivity contribution is 4.81. The summed E-state index contributed by atoms with van der Waals surface area (Å²) in [6.07, 6.45) is 2.95. The summed E-state index contributed by atoms with van der Waals surface area (Å²) < 4.78 is 0. The van der Waals surface area contributed by atoms with Crippen molar-refractivity contribution in [2.75, 3.05) is 40.3 Å². The van der Waals surface area contributed by atoms with E-state index in [1.807, 2.05) is 0 Å². The van der Waals surface area contributed by atoms with Crippen LogP contribution in [0.1, 0.15) is 12.8 Å². The molecule has 2 rings (SSSR count). The lowest BCUT2D eigenvalue weighted by molar-refractivity contribution is 0.0864. The van der Waals surface area contributed by atoms with Crippen molar-refractivity contribution < 1.29 is 0 Å². The highest BCUT2D eigenvalue weighted by atomic mass is 15.2. The lowest BCUT2D eigenvalue weighted by Crippen LogP contribution is -2.46. The van der Waals surface area contributed by atoms with Gasteiger partial charge in [-0.05, 0) is 38.8 Å². The molecule has 0 atom stereocenters. The molecule has 0 saturated carbocycles. The van der Waals surface area contributed by atoms with Crippen molar-refractivity contribution in [1.29, 1.82) is 0 Å². The fraction of sp³-hybridized carbons (Fsp3) is 1.00. The lowest BCUT2D eigenvalue weighted by Gasteiger charge is -2.40. The fourth-order valence-corrected chi connectivity index (χ4v) is 2.49. The first-order chi connectivity index (χ1) is 5.74. The molecule has 0 unspecified atom stereocenters. The van der Waals surface area contributed by atoms with Gasteiger partial charge >= 0.3 is 0 Å². The summed E-state index contributed by atoms with van der Waals surface area (Å²) in [5.74, 6) is 2.06. The zero-order valence-electron chi connectivity index (χ0n) is 8.29. The Kier molecular flexibility index (Phi) is 2.37. The van der Waals surface area contributed by atoms with E-state index in [9.17, 15) is 0 Å². The maximum Gasteiger partial charge on any atom is 0.00190 e. The fourth-order valence-electron chi connectivity index (χ4n) is 2.49. The van der Waals surface area contributed by atoms with Crippen molar-refractivity contribution in [3.63, 3.8) is 0 Å². The van der Waals surface area contributed by atoms with Crippen LogP contribution < -0.4 is 0 Å². The van der Waals surface area contributed by atoms with Gasteiger partial charge in [-0.2, -0.15) is 0 Å². The molecule has 2 heterocycles. The van der Waals surface area contributed by atoms with E-state index in [-0.39, 0.29) is 0 Å². The van der Waals surface area contributed by atoms with E-state index in [1.165, 1.54) is 39.0 Å². The van der Waals surface area contributed by atoms with E-state index in [1.54, 1.807) is 0 Å². The van der Waals surface area contributed by atoms with Crippen LogP contribution in [0.25, 0.3) is 0 Å². The zero-order chi connectivity index (χ0) is 8.55. The first-order valence-electron chi connectivity index (χ1n) is 5.11. The lowest BCUT2D eigenvalue weighted by atomic mass is 9.88. The standard InChI is InChI=1S/C10H20N2/c1-11-5-9(6-11)3-4-10-7-12(2)8-10/h9-10H,3-8H2,1-2H3. The van der Waals surface area contributed by atoms with E-state index in [2.05, 4.69) is 23.9 Å². The molecule has 2 fully saturated rings. The summed E-state index contributed by atoms with van der Waals surface area (Å²) in [5.41, 5.74) is 0. The number of rotatable bonds is 3. The molecule has 0 N–H and O–H groups in total. The molecule has 12 heavy (non-hydrogen) atoms. The van der Waals surface area contributed by atoms with Gasteiger partial charge in [0.2, 0.25) is 0 Å². The number of nitrogens with zero attached hydrogens (tertiary/aromatic N) is 2. The van der Waals surface area contributed by atoms with Crippen LogP contribution in [0.4, 0.5) is 0 Å². The minimum atomic E-state index is 1.03. The van der Waals surface area contributed by atoms with Crippen molar-refractivity contribution in [3.8, 4) is 0 Å². The first-order valence-corrected chi connectivity index (χ1v) is 5.11. The minimum Gasteiger partial charge on any atom is -0.306 e. The maximum atomic E-state index is 2.41. The molecule has 2 aliphatic heterocycles. The van der Waals surface area contributed by atoms with Crippen molar-refractivity contribution in [3.05, 3.63) is 0 Å². The zero-order valence-corrected chi connectivity index (χ0v) is 8.29. The molecule has 0 aliphatic carbocycles. The van der Waals surface area contributed by atoms with Gasteiger partial charge in [0, 0.05) is 26.2 Å². The molecule has 0 spiro atoms. The number of hydrogen-bond acceptors (Lipinski definition) is 2. The van der Waals surface area contributed by atoms with Gasteiger partial charge in [0.15, 0.2) is 0 Å². The van der Waals surface area contributed by atoms with Gasteiger partial charge in [-0.15, -0.1) is 0 Å². The third-order valence-electron chi connectivity index (χ3n) is 3.26. The molecular formula is C10H20N2. The molecular weight excluding hydrogens is 148 g/mol. The Bertz CT molecular complexity index is 128. The van der Waals surface area contributed by atoms with Crippen LogP contribution in [-0.2, 0) is 0 Å². The van der Waals surface area contributed by atoms with Crippen LogP contribution >= 0.6 is 0 Å². The van der Waals surface area contributed by atoms with Crippen molar-refractivity contribution in [2.24, 2.45) is 11.8 Å². The Morgan fingerprint density at radius 3 is 1.42 bits per heavy atom. The van der Waals surface area contributed by atoms with Crippen LogP contribution in [0.5, 0.6) is 0 Å². The molecule has 2 aliphatic rings. The second-order valence-corrected chi connectivity index (χ2v) is 4.75. The van der Waals surface area contributed by atoms with E-state index in [0.717, 1.165) is 11.8 Å². The maximum absolute atomic E-state index is 2.41. The average Bonchev–Trinajstić information content (AvgIpc) is 1.91. The smallest absolute Gasteiger partial charge is 0.00190 e. The summed E-state index contributed by atoms with van der Waals surface area (Å²) in [7, 11) is 4.43. The van der Waals surface area contributed by atoms with E-state index < -0.39 is 0 Å². The molecule has 0 aromatic heterocycles. The van der Waals surface area contributed by atoms with Gasteiger partial charge in [0.1, 0.15) is 0 Å². The number of hydrogen-bond donors (Lipinski definition) is 0. The summed E-state index contributed by atoms with van der Waals surface area (Å²) in [4.78, 5) is 4.83. The molecule has 2 heteroatoms. The SMILES string of the molecule is CN1CC(CCC2CN(C)C2)C1. The summed E-state index contributed by atoms with van der Waals surface area (Å²) in [5, 5.41) is 0. The monoisotopic (exact) mass is 168 g/mol. The van der Waals surface area contributed by atoms with Gasteiger partial charge in [-0.3, -0.25) is 0 Å². The third-order valence-corrected chi connectivity index (χ3v) is 3.26. The molecule has 0 aromatic carbocycles. The summed E-state index contributed by atoms with van der Waals surface area (Å²) in [6, 6.07) is 0. The van der Waals surface area contributed by atoms with Crippen LogP contribution in [0.3, 0.4) is 0 Å². The Morgan fingerprint density at radius 2 is 1.17 bits per heavy atom. The average molecular weight is 168 g/mol. The molecule has 70 valence electrons. The van der Waals surface area contributed by atoms with Gasteiger partial charge < -0.3 is 9.80 Å². The Labute approximate surface area is 75.5 Å². The normalized spacial score (nSPS) is 28.5. The second kappa shape index (κ2) is 3.35. The van der Waals surface area contributed by atoms with E-state index in [0.29, 0.717) is 0 Å². The van der Waals surface area contributed by atoms with E-state index >= 15 is 0 Å².